The maximum atomic E-state index is 12.7. The molecule has 0 aliphatic carbocycles. The summed E-state index contributed by atoms with van der Waals surface area (Å²) < 4.78 is 0. The van der Waals surface area contributed by atoms with Crippen molar-refractivity contribution in [3.63, 3.8) is 0 Å². The van der Waals surface area contributed by atoms with Crippen molar-refractivity contribution in [1.82, 2.24) is 25.9 Å². The van der Waals surface area contributed by atoms with Crippen molar-refractivity contribution in [3.05, 3.63) is 54.1 Å². The highest BCUT2D eigenvalue weighted by Gasteiger charge is 2.31. The minimum absolute atomic E-state index is 0.0169. The van der Waals surface area contributed by atoms with Crippen molar-refractivity contribution in [3.8, 4) is 0 Å². The van der Waals surface area contributed by atoms with Gasteiger partial charge >= 0.3 is 5.97 Å². The second-order valence-electron chi connectivity index (χ2n) is 7.93. The molecule has 2 rings (SSSR count). The zero-order valence-electron chi connectivity index (χ0n) is 18.9. The number of aromatic amines is 1. The second kappa shape index (κ2) is 12.5. The number of nitrogens with one attached hydrogen (secondary N) is 4. The van der Waals surface area contributed by atoms with Gasteiger partial charge in [0.1, 0.15) is 18.1 Å². The third-order valence-electron chi connectivity index (χ3n) is 5.04. The molecule has 1 aromatic heterocycles. The Kier molecular flexibility index (Phi) is 9.71. The van der Waals surface area contributed by atoms with E-state index in [1.807, 2.05) is 0 Å². The number of nitrogens with two attached hydrogens (primary N) is 1. The average molecular weight is 475 g/mol. The molecule has 1 aromatic carbocycles. The molecule has 0 bridgehead atoms. The fourth-order valence-electron chi connectivity index (χ4n) is 3.11. The van der Waals surface area contributed by atoms with E-state index < -0.39 is 54.0 Å². The second-order valence-corrected chi connectivity index (χ2v) is 7.93. The molecule has 0 aliphatic rings. The van der Waals surface area contributed by atoms with E-state index in [-0.39, 0.29) is 12.8 Å². The minimum atomic E-state index is -1.44. The Balaban J connectivity index is 1.96. The normalized spacial score (nSPS) is 15.3. The summed E-state index contributed by atoms with van der Waals surface area (Å²) in [5, 5.41) is 26.7. The van der Waals surface area contributed by atoms with Crippen LogP contribution in [0.15, 0.2) is 42.9 Å². The molecule has 0 aliphatic heterocycles. The monoisotopic (exact) mass is 474 g/mol. The van der Waals surface area contributed by atoms with Crippen LogP contribution in [-0.4, -0.2) is 74.1 Å². The number of imidazole rings is 1. The SMILES string of the molecule is CC(NC(=O)C(N)Cc1cnc[nH]1)C(=O)NC(C(=O)NC(Cc1ccccc1)C(=O)O)C(C)O. The molecule has 12 nitrogen and oxygen atoms in total. The molecule has 5 atom stereocenters. The van der Waals surface area contributed by atoms with E-state index >= 15 is 0 Å². The number of carbonyl (C=O) groups is 4. The third-order valence-corrected chi connectivity index (χ3v) is 5.04. The predicted octanol–water partition coefficient (Wildman–Crippen LogP) is -1.54. The van der Waals surface area contributed by atoms with Crippen LogP contribution in [0.4, 0.5) is 0 Å². The van der Waals surface area contributed by atoms with Gasteiger partial charge in [-0.1, -0.05) is 30.3 Å². The first-order valence-corrected chi connectivity index (χ1v) is 10.7. The van der Waals surface area contributed by atoms with Gasteiger partial charge in [0.25, 0.3) is 0 Å². The number of hydrogen-bond acceptors (Lipinski definition) is 7. The highest BCUT2D eigenvalue weighted by Crippen LogP contribution is 2.05. The lowest BCUT2D eigenvalue weighted by Gasteiger charge is -2.25. The van der Waals surface area contributed by atoms with Gasteiger partial charge in [0.05, 0.1) is 18.5 Å². The molecule has 12 heteroatoms. The lowest BCUT2D eigenvalue weighted by molar-refractivity contribution is -0.143. The van der Waals surface area contributed by atoms with Gasteiger partial charge in [-0.05, 0) is 19.4 Å². The van der Waals surface area contributed by atoms with Crippen molar-refractivity contribution < 1.29 is 29.4 Å². The van der Waals surface area contributed by atoms with Crippen LogP contribution in [0.1, 0.15) is 25.1 Å². The van der Waals surface area contributed by atoms with Gasteiger partial charge in [-0.3, -0.25) is 14.4 Å². The third kappa shape index (κ3) is 7.98. The van der Waals surface area contributed by atoms with Crippen LogP contribution in [0.25, 0.3) is 0 Å². The number of hydrogen-bond donors (Lipinski definition) is 7. The number of aliphatic hydroxyl groups is 1. The molecule has 0 saturated carbocycles. The van der Waals surface area contributed by atoms with Crippen LogP contribution in [0.3, 0.4) is 0 Å². The molecular weight excluding hydrogens is 444 g/mol. The Labute approximate surface area is 196 Å². The van der Waals surface area contributed by atoms with Gasteiger partial charge in [-0.25, -0.2) is 9.78 Å². The summed E-state index contributed by atoms with van der Waals surface area (Å²) in [5.74, 6) is -3.48. The molecule has 184 valence electrons. The van der Waals surface area contributed by atoms with Crippen LogP contribution in [-0.2, 0) is 32.0 Å². The Morgan fingerprint density at radius 2 is 1.68 bits per heavy atom. The zero-order chi connectivity index (χ0) is 25.3. The number of rotatable bonds is 12. The van der Waals surface area contributed by atoms with Gasteiger partial charge in [0.15, 0.2) is 0 Å². The average Bonchev–Trinajstić information content (AvgIpc) is 3.29. The molecule has 34 heavy (non-hydrogen) atoms. The maximum absolute atomic E-state index is 12.7. The molecular formula is C22H30N6O6. The summed E-state index contributed by atoms with van der Waals surface area (Å²) in [6, 6.07) is 3.97. The molecule has 3 amide bonds. The fraction of sp³-hybridized carbons (Fsp3) is 0.409. The van der Waals surface area contributed by atoms with Crippen LogP contribution < -0.4 is 21.7 Å². The van der Waals surface area contributed by atoms with Gasteiger partial charge in [0.2, 0.25) is 17.7 Å². The standard InChI is InChI=1S/C22H30N6O6/c1-12(26-20(31)16(23)9-15-10-24-11-25-15)19(30)28-18(13(2)29)21(32)27-17(22(33)34)8-14-6-4-3-5-7-14/h3-7,10-13,16-18,29H,8-9,23H2,1-2H3,(H,24,25)(H,26,31)(H,27,32)(H,28,30)(H,33,34). The first-order chi connectivity index (χ1) is 16.1. The summed E-state index contributed by atoms with van der Waals surface area (Å²) >= 11 is 0. The predicted molar refractivity (Wildman–Crippen MR) is 121 cm³/mol. The summed E-state index contributed by atoms with van der Waals surface area (Å²) in [7, 11) is 0. The van der Waals surface area contributed by atoms with Crippen molar-refractivity contribution in [1.29, 1.82) is 0 Å². The largest absolute Gasteiger partial charge is 0.480 e. The highest BCUT2D eigenvalue weighted by atomic mass is 16.4. The van der Waals surface area contributed by atoms with E-state index in [9.17, 15) is 29.4 Å². The molecule has 1 heterocycles. The molecule has 5 unspecified atom stereocenters. The molecule has 0 spiro atoms. The topological polar surface area (TPSA) is 200 Å². The molecule has 0 saturated heterocycles. The van der Waals surface area contributed by atoms with Gasteiger partial charge in [0, 0.05) is 24.7 Å². The lowest BCUT2D eigenvalue weighted by Crippen LogP contribution is -2.59. The van der Waals surface area contributed by atoms with E-state index in [0.717, 1.165) is 0 Å². The van der Waals surface area contributed by atoms with E-state index in [0.29, 0.717) is 11.3 Å². The first kappa shape index (κ1) is 26.5. The smallest absolute Gasteiger partial charge is 0.326 e. The number of nitrogens with zero attached hydrogens (tertiary/aromatic N) is 1. The van der Waals surface area contributed by atoms with Crippen molar-refractivity contribution in [2.45, 2.75) is 57.0 Å². The number of carbonyl (C=O) groups excluding carboxylic acids is 3. The zero-order valence-corrected chi connectivity index (χ0v) is 18.9. The van der Waals surface area contributed by atoms with Crippen LogP contribution in [0.2, 0.25) is 0 Å². The number of aliphatic carboxylic acids is 1. The van der Waals surface area contributed by atoms with Gasteiger partial charge in [-0.15, -0.1) is 0 Å². The number of amides is 3. The van der Waals surface area contributed by atoms with Crippen LogP contribution >= 0.6 is 0 Å². The minimum Gasteiger partial charge on any atom is -0.480 e. The molecule has 0 radical (unpaired) electrons. The summed E-state index contributed by atoms with van der Waals surface area (Å²) in [6.07, 6.45) is 1.84. The molecule has 8 N–H and O–H groups in total. The number of carboxylic acid groups (broad SMARTS) is 1. The number of carboxylic acids is 1. The van der Waals surface area contributed by atoms with Crippen molar-refractivity contribution in [2.24, 2.45) is 5.73 Å². The van der Waals surface area contributed by atoms with Crippen LogP contribution in [0.5, 0.6) is 0 Å². The molecule has 2 aromatic rings. The number of H-pyrrole nitrogens is 1. The Bertz CT molecular complexity index is 966. The van der Waals surface area contributed by atoms with E-state index in [4.69, 9.17) is 5.73 Å². The summed E-state index contributed by atoms with van der Waals surface area (Å²) in [6.45, 7) is 2.67. The number of aromatic nitrogens is 2. The quantitative estimate of drug-likeness (QED) is 0.192. The molecule has 0 fully saturated rings. The Morgan fingerprint density at radius 3 is 2.24 bits per heavy atom. The number of benzene rings is 1. The summed E-state index contributed by atoms with van der Waals surface area (Å²) in [4.78, 5) is 55.8. The van der Waals surface area contributed by atoms with Gasteiger partial charge in [-0.2, -0.15) is 0 Å². The van der Waals surface area contributed by atoms with E-state index in [2.05, 4.69) is 25.9 Å². The fourth-order valence-corrected chi connectivity index (χ4v) is 3.11. The lowest BCUT2D eigenvalue weighted by atomic mass is 10.0. The van der Waals surface area contributed by atoms with E-state index in [1.54, 1.807) is 30.3 Å². The van der Waals surface area contributed by atoms with Gasteiger partial charge < -0.3 is 36.9 Å². The maximum Gasteiger partial charge on any atom is 0.326 e. The van der Waals surface area contributed by atoms with Crippen LogP contribution in [0, 0.1) is 0 Å². The summed E-state index contributed by atoms with van der Waals surface area (Å²) in [5.41, 5.74) is 7.19. The Morgan fingerprint density at radius 1 is 1.00 bits per heavy atom. The van der Waals surface area contributed by atoms with Crippen molar-refractivity contribution in [2.75, 3.05) is 0 Å². The highest BCUT2D eigenvalue weighted by molar-refractivity contribution is 5.94. The van der Waals surface area contributed by atoms with E-state index in [1.165, 1.54) is 26.4 Å². The number of aliphatic hydroxyl groups excluding tert-OH is 1. The van der Waals surface area contributed by atoms with Crippen molar-refractivity contribution >= 4 is 23.7 Å². The Hall–Kier alpha value is -3.77. The first-order valence-electron chi connectivity index (χ1n) is 10.7.